The van der Waals surface area contributed by atoms with E-state index in [1.807, 2.05) is 6.92 Å². The first-order valence-electron chi connectivity index (χ1n) is 5.26. The molecule has 0 fully saturated rings. The summed E-state index contributed by atoms with van der Waals surface area (Å²) in [5.41, 5.74) is 0.367. The van der Waals surface area contributed by atoms with Gasteiger partial charge >= 0.3 is 0 Å². The van der Waals surface area contributed by atoms with Crippen LogP contribution in [0.25, 0.3) is 11.4 Å². The fourth-order valence-electron chi connectivity index (χ4n) is 1.57. The first kappa shape index (κ1) is 12.9. The Kier molecular flexibility index (Phi) is 3.56. The van der Waals surface area contributed by atoms with Crippen molar-refractivity contribution in [2.75, 3.05) is 0 Å². The molecule has 6 heteroatoms. The molecule has 0 aliphatic heterocycles. The van der Waals surface area contributed by atoms with E-state index in [1.54, 1.807) is 0 Å². The number of aromatic nitrogens is 2. The molecule has 0 amide bonds. The number of nitrogens with zero attached hydrogens (tertiary/aromatic N) is 1. The van der Waals surface area contributed by atoms with Gasteiger partial charge in [-0.2, -0.15) is 0 Å². The van der Waals surface area contributed by atoms with Crippen LogP contribution in [0.2, 0.25) is 0 Å². The van der Waals surface area contributed by atoms with Gasteiger partial charge in [-0.3, -0.25) is 4.79 Å². The maximum Gasteiger partial charge on any atom is 0.265 e. The topological polar surface area (TPSA) is 45.8 Å². The Morgan fingerprint density at radius 2 is 1.89 bits per heavy atom. The van der Waals surface area contributed by atoms with E-state index in [0.29, 0.717) is 16.6 Å². The molecule has 1 aromatic heterocycles. The molecule has 1 N–H and O–H groups in total. The highest BCUT2D eigenvalue weighted by Gasteiger charge is 2.10. The average molecular weight is 315 g/mol. The van der Waals surface area contributed by atoms with E-state index in [0.717, 1.165) is 18.2 Å². The van der Waals surface area contributed by atoms with Gasteiger partial charge in [-0.15, -0.1) is 0 Å². The Morgan fingerprint density at radius 1 is 1.28 bits per heavy atom. The fourth-order valence-corrected chi connectivity index (χ4v) is 2.04. The SMILES string of the molecule is CCc1nc(-c2cc(F)cc(F)c2)[nH]c(=O)c1Br. The summed E-state index contributed by atoms with van der Waals surface area (Å²) in [6.07, 6.45) is 0.537. The summed E-state index contributed by atoms with van der Waals surface area (Å²) in [5.74, 6) is -1.28. The molecule has 94 valence electrons. The Morgan fingerprint density at radius 3 is 2.44 bits per heavy atom. The third-order valence-electron chi connectivity index (χ3n) is 2.40. The molecule has 0 unspecified atom stereocenters. The van der Waals surface area contributed by atoms with E-state index in [1.165, 1.54) is 0 Å². The standard InChI is InChI=1S/C12H9BrF2N2O/c1-2-9-10(13)12(18)17-11(16-9)6-3-7(14)5-8(15)4-6/h3-5H,2H2,1H3,(H,16,17,18). The summed E-state index contributed by atoms with van der Waals surface area (Å²) in [6.45, 7) is 1.84. The Labute approximate surface area is 110 Å². The van der Waals surface area contributed by atoms with Crippen molar-refractivity contribution in [2.24, 2.45) is 0 Å². The minimum Gasteiger partial charge on any atom is -0.306 e. The largest absolute Gasteiger partial charge is 0.306 e. The van der Waals surface area contributed by atoms with E-state index in [4.69, 9.17) is 0 Å². The third kappa shape index (κ3) is 2.48. The average Bonchev–Trinajstić information content (AvgIpc) is 2.31. The predicted octanol–water partition coefficient (Wildman–Crippen LogP) is 3.04. The monoisotopic (exact) mass is 314 g/mol. The van der Waals surface area contributed by atoms with Crippen molar-refractivity contribution in [2.45, 2.75) is 13.3 Å². The van der Waals surface area contributed by atoms with Crippen LogP contribution in [-0.4, -0.2) is 9.97 Å². The number of nitrogens with one attached hydrogen (secondary N) is 1. The van der Waals surface area contributed by atoms with Crippen LogP contribution in [0.4, 0.5) is 8.78 Å². The Hall–Kier alpha value is -1.56. The van der Waals surface area contributed by atoms with Crippen LogP contribution in [0.3, 0.4) is 0 Å². The molecule has 2 aromatic rings. The highest BCUT2D eigenvalue weighted by molar-refractivity contribution is 9.10. The molecule has 1 aromatic carbocycles. The van der Waals surface area contributed by atoms with Crippen LogP contribution < -0.4 is 5.56 Å². The molecule has 0 spiro atoms. The molecule has 18 heavy (non-hydrogen) atoms. The molecule has 3 nitrogen and oxygen atoms in total. The first-order chi connectivity index (χ1) is 8.51. The quantitative estimate of drug-likeness (QED) is 0.926. The van der Waals surface area contributed by atoms with Gasteiger partial charge < -0.3 is 4.98 Å². The van der Waals surface area contributed by atoms with Gasteiger partial charge in [-0.1, -0.05) is 6.92 Å². The van der Waals surface area contributed by atoms with E-state index in [2.05, 4.69) is 25.9 Å². The second kappa shape index (κ2) is 4.97. The van der Waals surface area contributed by atoms with Crippen LogP contribution in [0.5, 0.6) is 0 Å². The first-order valence-corrected chi connectivity index (χ1v) is 6.05. The number of hydrogen-bond acceptors (Lipinski definition) is 2. The Bertz CT molecular complexity index is 635. The fraction of sp³-hybridized carbons (Fsp3) is 0.167. The van der Waals surface area contributed by atoms with Gasteiger partial charge in [0.2, 0.25) is 0 Å². The highest BCUT2D eigenvalue weighted by atomic mass is 79.9. The molecule has 1 heterocycles. The van der Waals surface area contributed by atoms with Gasteiger partial charge in [0.05, 0.1) is 5.69 Å². The van der Waals surface area contributed by atoms with Crippen molar-refractivity contribution >= 4 is 15.9 Å². The van der Waals surface area contributed by atoms with Crippen molar-refractivity contribution < 1.29 is 8.78 Å². The van der Waals surface area contributed by atoms with Gasteiger partial charge in [-0.25, -0.2) is 13.8 Å². The molecule has 2 rings (SSSR count). The summed E-state index contributed by atoms with van der Waals surface area (Å²) in [7, 11) is 0. The van der Waals surface area contributed by atoms with Crippen molar-refractivity contribution in [1.29, 1.82) is 0 Å². The number of aromatic amines is 1. The van der Waals surface area contributed by atoms with Gasteiger partial charge in [-0.05, 0) is 34.5 Å². The van der Waals surface area contributed by atoms with Crippen molar-refractivity contribution in [3.05, 3.63) is 50.4 Å². The lowest BCUT2D eigenvalue weighted by Crippen LogP contribution is -2.13. The number of aryl methyl sites for hydroxylation is 1. The molecular formula is C12H9BrF2N2O. The summed E-state index contributed by atoms with van der Waals surface area (Å²) in [5, 5.41) is 0. The van der Waals surface area contributed by atoms with Crippen molar-refractivity contribution in [3.8, 4) is 11.4 Å². The van der Waals surface area contributed by atoms with Gasteiger partial charge in [0.15, 0.2) is 0 Å². The summed E-state index contributed by atoms with van der Waals surface area (Å²) in [6, 6.07) is 3.00. The van der Waals surface area contributed by atoms with E-state index < -0.39 is 11.6 Å². The molecule has 0 saturated heterocycles. The molecule has 0 aliphatic rings. The zero-order valence-electron chi connectivity index (χ0n) is 9.43. The summed E-state index contributed by atoms with van der Waals surface area (Å²) < 4.78 is 26.6. The van der Waals surface area contributed by atoms with Crippen LogP contribution in [0.1, 0.15) is 12.6 Å². The third-order valence-corrected chi connectivity index (χ3v) is 3.22. The molecule has 0 atom stereocenters. The molecular weight excluding hydrogens is 306 g/mol. The smallest absolute Gasteiger partial charge is 0.265 e. The molecule has 0 radical (unpaired) electrons. The lowest BCUT2D eigenvalue weighted by atomic mass is 10.2. The van der Waals surface area contributed by atoms with Crippen molar-refractivity contribution in [3.63, 3.8) is 0 Å². The minimum atomic E-state index is -0.714. The number of H-pyrrole nitrogens is 1. The number of benzene rings is 1. The predicted molar refractivity (Wildman–Crippen MR) is 67.3 cm³/mol. The number of hydrogen-bond donors (Lipinski definition) is 1. The minimum absolute atomic E-state index is 0.151. The van der Waals surface area contributed by atoms with Gasteiger partial charge in [0.25, 0.3) is 5.56 Å². The normalized spacial score (nSPS) is 10.7. The maximum absolute atomic E-state index is 13.1. The molecule has 0 bridgehead atoms. The maximum atomic E-state index is 13.1. The van der Waals surface area contributed by atoms with Crippen LogP contribution in [0, 0.1) is 11.6 Å². The molecule has 0 saturated carbocycles. The zero-order valence-corrected chi connectivity index (χ0v) is 11.0. The second-order valence-electron chi connectivity index (χ2n) is 3.69. The van der Waals surface area contributed by atoms with E-state index in [-0.39, 0.29) is 16.9 Å². The molecule has 0 aliphatic carbocycles. The van der Waals surface area contributed by atoms with Crippen LogP contribution in [0.15, 0.2) is 27.5 Å². The lowest BCUT2D eigenvalue weighted by Gasteiger charge is -2.05. The summed E-state index contributed by atoms with van der Waals surface area (Å²) >= 11 is 3.12. The lowest BCUT2D eigenvalue weighted by molar-refractivity contribution is 0.584. The van der Waals surface area contributed by atoms with E-state index >= 15 is 0 Å². The Balaban J connectivity index is 2.64. The number of rotatable bonds is 2. The highest BCUT2D eigenvalue weighted by Crippen LogP contribution is 2.19. The second-order valence-corrected chi connectivity index (χ2v) is 4.48. The van der Waals surface area contributed by atoms with Crippen LogP contribution in [-0.2, 0) is 6.42 Å². The summed E-state index contributed by atoms with van der Waals surface area (Å²) in [4.78, 5) is 18.3. The van der Waals surface area contributed by atoms with Gasteiger partial charge in [0, 0.05) is 11.6 Å². The van der Waals surface area contributed by atoms with Crippen LogP contribution >= 0.6 is 15.9 Å². The van der Waals surface area contributed by atoms with Gasteiger partial charge in [0.1, 0.15) is 21.9 Å². The van der Waals surface area contributed by atoms with Crippen molar-refractivity contribution in [1.82, 2.24) is 9.97 Å². The number of halogens is 3. The zero-order chi connectivity index (χ0) is 13.3. The van der Waals surface area contributed by atoms with E-state index in [9.17, 15) is 13.6 Å².